The summed E-state index contributed by atoms with van der Waals surface area (Å²) >= 11 is 0. The number of hydrogen-bond acceptors (Lipinski definition) is 3. The third-order valence-electron chi connectivity index (χ3n) is 3.66. The van der Waals surface area contributed by atoms with Crippen LogP contribution in [-0.4, -0.2) is 38.0 Å². The second-order valence-electron chi connectivity index (χ2n) is 7.17. The standard InChI is InChI=1S/C15H31NO2/c1-14(2,3)18-10-9-17-13-11-15(4,5)8-7-12(13)16-6/h12-13,16H,7-11H2,1-6H3. The Labute approximate surface area is 113 Å². The van der Waals surface area contributed by atoms with Gasteiger partial charge in [0, 0.05) is 6.04 Å². The molecule has 2 atom stereocenters. The summed E-state index contributed by atoms with van der Waals surface area (Å²) in [6, 6.07) is 0.493. The van der Waals surface area contributed by atoms with Crippen molar-refractivity contribution in [1.82, 2.24) is 5.32 Å². The molecule has 1 aliphatic carbocycles. The largest absolute Gasteiger partial charge is 0.374 e. The number of hydrogen-bond donors (Lipinski definition) is 1. The van der Waals surface area contributed by atoms with E-state index in [-0.39, 0.29) is 5.60 Å². The van der Waals surface area contributed by atoms with Crippen LogP contribution in [0.5, 0.6) is 0 Å². The fourth-order valence-corrected chi connectivity index (χ4v) is 2.57. The van der Waals surface area contributed by atoms with Gasteiger partial charge in [0.2, 0.25) is 0 Å². The molecule has 3 nitrogen and oxygen atoms in total. The van der Waals surface area contributed by atoms with Crippen LogP contribution in [0.15, 0.2) is 0 Å². The van der Waals surface area contributed by atoms with Crippen molar-refractivity contribution in [2.24, 2.45) is 5.41 Å². The van der Waals surface area contributed by atoms with Gasteiger partial charge in [-0.2, -0.15) is 0 Å². The van der Waals surface area contributed by atoms with Crippen LogP contribution < -0.4 is 5.32 Å². The highest BCUT2D eigenvalue weighted by atomic mass is 16.5. The zero-order valence-electron chi connectivity index (χ0n) is 13.0. The van der Waals surface area contributed by atoms with Gasteiger partial charge in [-0.15, -0.1) is 0 Å². The SMILES string of the molecule is CNC1CCC(C)(C)CC1OCCOC(C)(C)C. The second-order valence-corrected chi connectivity index (χ2v) is 7.17. The number of ether oxygens (including phenoxy) is 2. The van der Waals surface area contributed by atoms with E-state index in [1.165, 1.54) is 12.8 Å². The Bertz CT molecular complexity index is 245. The van der Waals surface area contributed by atoms with Crippen LogP contribution in [0.4, 0.5) is 0 Å². The van der Waals surface area contributed by atoms with E-state index in [2.05, 4.69) is 39.9 Å². The molecule has 3 heteroatoms. The molecule has 1 fully saturated rings. The predicted octanol–water partition coefficient (Wildman–Crippen LogP) is 2.98. The first-order valence-electron chi connectivity index (χ1n) is 7.16. The first-order chi connectivity index (χ1) is 8.23. The van der Waals surface area contributed by atoms with Gasteiger partial charge in [0.1, 0.15) is 0 Å². The van der Waals surface area contributed by atoms with E-state index in [9.17, 15) is 0 Å². The summed E-state index contributed by atoms with van der Waals surface area (Å²) in [6.07, 6.45) is 3.93. The first-order valence-corrected chi connectivity index (χ1v) is 7.16. The molecule has 0 aromatic heterocycles. The van der Waals surface area contributed by atoms with E-state index in [4.69, 9.17) is 9.47 Å². The van der Waals surface area contributed by atoms with Crippen LogP contribution in [0.1, 0.15) is 53.9 Å². The summed E-state index contributed by atoms with van der Waals surface area (Å²) in [5.41, 5.74) is 0.334. The van der Waals surface area contributed by atoms with Crippen molar-refractivity contribution >= 4 is 0 Å². The van der Waals surface area contributed by atoms with Gasteiger partial charge in [-0.05, 0) is 52.5 Å². The third kappa shape index (κ3) is 5.68. The first kappa shape index (κ1) is 15.9. The van der Waals surface area contributed by atoms with E-state index in [0.717, 1.165) is 6.42 Å². The van der Waals surface area contributed by atoms with Crippen LogP contribution in [-0.2, 0) is 9.47 Å². The maximum absolute atomic E-state index is 6.03. The van der Waals surface area contributed by atoms with Gasteiger partial charge in [0.15, 0.2) is 0 Å². The minimum atomic E-state index is -0.0718. The van der Waals surface area contributed by atoms with Crippen LogP contribution >= 0.6 is 0 Å². The Morgan fingerprint density at radius 3 is 2.44 bits per heavy atom. The fourth-order valence-electron chi connectivity index (χ4n) is 2.57. The molecule has 1 aliphatic rings. The van der Waals surface area contributed by atoms with Gasteiger partial charge in [-0.1, -0.05) is 13.8 Å². The topological polar surface area (TPSA) is 30.5 Å². The van der Waals surface area contributed by atoms with E-state index in [1.807, 2.05) is 7.05 Å². The van der Waals surface area contributed by atoms with E-state index < -0.39 is 0 Å². The van der Waals surface area contributed by atoms with Crippen molar-refractivity contribution in [2.45, 2.75) is 71.6 Å². The molecule has 0 amide bonds. The van der Waals surface area contributed by atoms with Gasteiger partial charge in [0.05, 0.1) is 24.9 Å². The molecular formula is C15H31NO2. The molecule has 0 spiro atoms. The molecule has 1 saturated carbocycles. The smallest absolute Gasteiger partial charge is 0.0734 e. The zero-order valence-corrected chi connectivity index (χ0v) is 13.0. The second kappa shape index (κ2) is 6.36. The summed E-state index contributed by atoms with van der Waals surface area (Å²) in [5.74, 6) is 0. The van der Waals surface area contributed by atoms with Crippen LogP contribution in [0.2, 0.25) is 0 Å². The van der Waals surface area contributed by atoms with Crippen molar-refractivity contribution < 1.29 is 9.47 Å². The summed E-state index contributed by atoms with van der Waals surface area (Å²) in [4.78, 5) is 0. The van der Waals surface area contributed by atoms with Crippen LogP contribution in [0.25, 0.3) is 0 Å². The highest BCUT2D eigenvalue weighted by Crippen LogP contribution is 2.36. The number of rotatable bonds is 5. The normalized spacial score (nSPS) is 28.3. The molecule has 18 heavy (non-hydrogen) atoms. The summed E-state index contributed by atoms with van der Waals surface area (Å²) in [5, 5.41) is 3.38. The lowest BCUT2D eigenvalue weighted by Crippen LogP contribution is -2.46. The fraction of sp³-hybridized carbons (Fsp3) is 1.00. The van der Waals surface area contributed by atoms with Gasteiger partial charge < -0.3 is 14.8 Å². The molecule has 0 saturated heterocycles. The third-order valence-corrected chi connectivity index (χ3v) is 3.66. The zero-order chi connectivity index (χ0) is 13.8. The van der Waals surface area contributed by atoms with Gasteiger partial charge >= 0.3 is 0 Å². The van der Waals surface area contributed by atoms with Gasteiger partial charge in [-0.3, -0.25) is 0 Å². The Hall–Kier alpha value is -0.120. The van der Waals surface area contributed by atoms with Crippen molar-refractivity contribution in [2.75, 3.05) is 20.3 Å². The van der Waals surface area contributed by atoms with E-state index in [0.29, 0.717) is 30.8 Å². The van der Waals surface area contributed by atoms with Gasteiger partial charge in [0.25, 0.3) is 0 Å². The molecule has 1 N–H and O–H groups in total. The monoisotopic (exact) mass is 257 g/mol. The highest BCUT2D eigenvalue weighted by molar-refractivity contribution is 4.89. The van der Waals surface area contributed by atoms with Crippen molar-refractivity contribution in [3.05, 3.63) is 0 Å². The number of likely N-dealkylation sites (N-methyl/N-ethyl adjacent to an activating group) is 1. The predicted molar refractivity (Wildman–Crippen MR) is 75.9 cm³/mol. The minimum absolute atomic E-state index is 0.0718. The molecule has 0 aromatic rings. The summed E-state index contributed by atoms with van der Waals surface area (Å²) in [6.45, 7) is 12.3. The lowest BCUT2D eigenvalue weighted by atomic mass is 9.74. The van der Waals surface area contributed by atoms with Crippen LogP contribution in [0, 0.1) is 5.41 Å². The molecule has 1 rings (SSSR count). The Morgan fingerprint density at radius 1 is 1.22 bits per heavy atom. The average molecular weight is 257 g/mol. The van der Waals surface area contributed by atoms with Gasteiger partial charge in [-0.25, -0.2) is 0 Å². The maximum Gasteiger partial charge on any atom is 0.0734 e. The van der Waals surface area contributed by atoms with Crippen molar-refractivity contribution in [3.63, 3.8) is 0 Å². The molecule has 0 radical (unpaired) electrons. The summed E-state index contributed by atoms with van der Waals surface area (Å²) in [7, 11) is 2.03. The highest BCUT2D eigenvalue weighted by Gasteiger charge is 2.34. The molecule has 0 heterocycles. The molecule has 0 aromatic carbocycles. The maximum atomic E-state index is 6.03. The molecular weight excluding hydrogens is 226 g/mol. The van der Waals surface area contributed by atoms with Crippen molar-refractivity contribution in [3.8, 4) is 0 Å². The quantitative estimate of drug-likeness (QED) is 0.768. The Kier molecular flexibility index (Phi) is 5.63. The van der Waals surface area contributed by atoms with E-state index in [1.54, 1.807) is 0 Å². The van der Waals surface area contributed by atoms with E-state index >= 15 is 0 Å². The van der Waals surface area contributed by atoms with Crippen LogP contribution in [0.3, 0.4) is 0 Å². The van der Waals surface area contributed by atoms with Crippen molar-refractivity contribution in [1.29, 1.82) is 0 Å². The Morgan fingerprint density at radius 2 is 1.89 bits per heavy atom. The Balaban J connectivity index is 2.33. The molecule has 2 unspecified atom stereocenters. The molecule has 108 valence electrons. The number of nitrogens with one attached hydrogen (secondary N) is 1. The minimum Gasteiger partial charge on any atom is -0.374 e. The lowest BCUT2D eigenvalue weighted by Gasteiger charge is -2.40. The summed E-state index contributed by atoms with van der Waals surface area (Å²) < 4.78 is 11.7. The average Bonchev–Trinajstić information content (AvgIpc) is 2.22. The lowest BCUT2D eigenvalue weighted by molar-refractivity contribution is -0.0762. The molecule has 0 bridgehead atoms. The molecule has 0 aliphatic heterocycles.